The first-order valence-corrected chi connectivity index (χ1v) is 10.2. The quantitative estimate of drug-likeness (QED) is 0.596. The Labute approximate surface area is 180 Å². The zero-order valence-electron chi connectivity index (χ0n) is 16.2. The van der Waals surface area contributed by atoms with E-state index in [0.29, 0.717) is 22.2 Å². The van der Waals surface area contributed by atoms with E-state index in [4.69, 9.17) is 21.1 Å². The number of hydrogen-bond acceptors (Lipinski definition) is 4. The van der Waals surface area contributed by atoms with Gasteiger partial charge in [0.05, 0.1) is 12.0 Å². The average molecular weight is 424 g/mol. The number of carbonyl (C=O) groups is 1. The van der Waals surface area contributed by atoms with Gasteiger partial charge in [0.15, 0.2) is 11.5 Å². The molecule has 0 spiro atoms. The van der Waals surface area contributed by atoms with Crippen LogP contribution in [0.2, 0.25) is 5.02 Å². The molecular formula is C24H22ClNO4. The molecule has 0 atom stereocenters. The van der Waals surface area contributed by atoms with Crippen LogP contribution in [-0.2, 0) is 16.8 Å². The predicted octanol–water partition coefficient (Wildman–Crippen LogP) is 5.14. The summed E-state index contributed by atoms with van der Waals surface area (Å²) in [5.74, 6) is 1.35. The molecule has 0 saturated heterocycles. The number of fused-ring (bicyclic) bond motifs is 1. The first-order valence-electron chi connectivity index (χ1n) is 9.80. The molecule has 5 nitrogen and oxygen atoms in total. The van der Waals surface area contributed by atoms with Gasteiger partial charge in [-0.05, 0) is 65.9 Å². The summed E-state index contributed by atoms with van der Waals surface area (Å²) in [6.45, 7) is 0.170. The molecule has 5 rings (SSSR count). The monoisotopic (exact) mass is 423 g/mol. The maximum atomic E-state index is 13.2. The molecule has 2 aliphatic rings. The number of nitrogens with one attached hydrogen (secondary N) is 1. The second-order valence-electron chi connectivity index (χ2n) is 7.66. The van der Waals surface area contributed by atoms with E-state index in [1.54, 1.807) is 12.1 Å². The van der Waals surface area contributed by atoms with E-state index in [2.05, 4.69) is 5.32 Å². The zero-order chi connectivity index (χ0) is 20.7. The van der Waals surface area contributed by atoms with E-state index in [1.807, 2.05) is 48.5 Å². The van der Waals surface area contributed by atoms with E-state index in [-0.39, 0.29) is 20.7 Å². The molecule has 1 amide bonds. The van der Waals surface area contributed by atoms with Gasteiger partial charge in [0.2, 0.25) is 12.7 Å². The minimum absolute atomic E-state index is 0. The Hall–Kier alpha value is -3.02. The number of ether oxygens (including phenoxy) is 2. The van der Waals surface area contributed by atoms with Crippen molar-refractivity contribution in [3.8, 4) is 22.6 Å². The Morgan fingerprint density at radius 2 is 1.90 bits per heavy atom. The first kappa shape index (κ1) is 19.0. The number of aliphatic hydroxyl groups is 1. The highest BCUT2D eigenvalue weighted by Gasteiger charge is 2.51. The highest BCUT2D eigenvalue weighted by molar-refractivity contribution is 6.33. The van der Waals surface area contributed by atoms with Gasteiger partial charge in [-0.15, -0.1) is 0 Å². The lowest BCUT2D eigenvalue weighted by atomic mass is 9.94. The third-order valence-corrected chi connectivity index (χ3v) is 6.08. The van der Waals surface area contributed by atoms with E-state index in [1.165, 1.54) is 0 Å². The molecular weight excluding hydrogens is 402 g/mol. The summed E-state index contributed by atoms with van der Waals surface area (Å²) in [5.41, 5.74) is 3.57. The Bertz CT molecular complexity index is 1150. The lowest BCUT2D eigenvalue weighted by molar-refractivity contribution is -0.118. The molecule has 1 saturated carbocycles. The third-order valence-electron chi connectivity index (χ3n) is 5.75. The standard InChI is InChI=1S/C24H20ClNO4.H2/c25-20-6-5-18(12-19(20)16-3-1-2-15(10-16)13-27)26-23(28)24(8-9-24)17-4-7-21-22(11-17)30-14-29-21;/h1-7,10-12,27H,8-9,13-14H2,(H,26,28);1H. The smallest absolute Gasteiger partial charge is 0.235 e. The average Bonchev–Trinajstić information content (AvgIpc) is 3.46. The van der Waals surface area contributed by atoms with Gasteiger partial charge in [-0.3, -0.25) is 4.79 Å². The minimum atomic E-state index is -0.544. The highest BCUT2D eigenvalue weighted by atomic mass is 35.5. The maximum Gasteiger partial charge on any atom is 0.235 e. The lowest BCUT2D eigenvalue weighted by Crippen LogP contribution is -2.27. The molecule has 1 aliphatic heterocycles. The van der Waals surface area contributed by atoms with Gasteiger partial charge in [0, 0.05) is 17.7 Å². The van der Waals surface area contributed by atoms with Crippen LogP contribution in [-0.4, -0.2) is 17.8 Å². The summed E-state index contributed by atoms with van der Waals surface area (Å²) < 4.78 is 10.8. The first-order chi connectivity index (χ1) is 14.6. The number of halogens is 1. The Morgan fingerprint density at radius 1 is 1.07 bits per heavy atom. The molecule has 3 aromatic carbocycles. The van der Waals surface area contributed by atoms with Crippen molar-refractivity contribution >= 4 is 23.2 Å². The number of amides is 1. The molecule has 6 heteroatoms. The second-order valence-corrected chi connectivity index (χ2v) is 8.06. The summed E-state index contributed by atoms with van der Waals surface area (Å²) in [6.07, 6.45) is 1.58. The zero-order valence-corrected chi connectivity index (χ0v) is 16.9. The Kier molecular flexibility index (Phi) is 4.65. The molecule has 0 unspecified atom stereocenters. The number of carbonyl (C=O) groups excluding carboxylic acids is 1. The molecule has 1 fully saturated rings. The fourth-order valence-electron chi connectivity index (χ4n) is 3.88. The van der Waals surface area contributed by atoms with E-state index in [9.17, 15) is 9.90 Å². The van der Waals surface area contributed by atoms with Crippen molar-refractivity contribution in [1.82, 2.24) is 0 Å². The van der Waals surface area contributed by atoms with Gasteiger partial charge in [-0.2, -0.15) is 0 Å². The summed E-state index contributed by atoms with van der Waals surface area (Å²) in [7, 11) is 0. The molecule has 154 valence electrons. The maximum absolute atomic E-state index is 13.2. The van der Waals surface area contributed by atoms with Crippen molar-refractivity contribution in [2.24, 2.45) is 0 Å². The SMILES string of the molecule is O=C(Nc1ccc(Cl)c(-c2cccc(CO)c2)c1)C1(c2ccc3c(c2)OCO3)CC1.[HH]. The molecule has 0 bridgehead atoms. The van der Waals surface area contributed by atoms with Crippen molar-refractivity contribution in [3.63, 3.8) is 0 Å². The van der Waals surface area contributed by atoms with Crippen molar-refractivity contribution < 1.29 is 20.8 Å². The van der Waals surface area contributed by atoms with Gasteiger partial charge in [0.25, 0.3) is 0 Å². The molecule has 2 N–H and O–H groups in total. The summed E-state index contributed by atoms with van der Waals surface area (Å²) in [6, 6.07) is 18.7. The second kappa shape index (κ2) is 7.35. The number of hydrogen-bond donors (Lipinski definition) is 2. The largest absolute Gasteiger partial charge is 0.454 e. The van der Waals surface area contributed by atoms with E-state index in [0.717, 1.165) is 35.1 Å². The lowest BCUT2D eigenvalue weighted by Gasteiger charge is -2.17. The van der Waals surface area contributed by atoms with Crippen LogP contribution in [0.15, 0.2) is 60.7 Å². The van der Waals surface area contributed by atoms with Crippen LogP contribution in [0.3, 0.4) is 0 Å². The number of rotatable bonds is 5. The predicted molar refractivity (Wildman–Crippen MR) is 117 cm³/mol. The van der Waals surface area contributed by atoms with Gasteiger partial charge >= 0.3 is 0 Å². The Morgan fingerprint density at radius 3 is 2.70 bits per heavy atom. The van der Waals surface area contributed by atoms with Crippen LogP contribution in [0, 0.1) is 0 Å². The number of anilines is 1. The van der Waals surface area contributed by atoms with E-state index >= 15 is 0 Å². The fourth-order valence-corrected chi connectivity index (χ4v) is 4.10. The fraction of sp³-hybridized carbons (Fsp3) is 0.208. The third kappa shape index (κ3) is 3.30. The van der Waals surface area contributed by atoms with Crippen LogP contribution in [0.5, 0.6) is 11.5 Å². The van der Waals surface area contributed by atoms with Crippen molar-refractivity contribution in [2.75, 3.05) is 12.1 Å². The topological polar surface area (TPSA) is 67.8 Å². The van der Waals surface area contributed by atoms with E-state index < -0.39 is 5.41 Å². The number of benzene rings is 3. The van der Waals surface area contributed by atoms with Gasteiger partial charge < -0.3 is 19.9 Å². The molecule has 1 heterocycles. The molecule has 1 aliphatic carbocycles. The van der Waals surface area contributed by atoms with Crippen molar-refractivity contribution in [1.29, 1.82) is 0 Å². The molecule has 0 radical (unpaired) electrons. The van der Waals surface area contributed by atoms with Gasteiger partial charge in [0.1, 0.15) is 0 Å². The van der Waals surface area contributed by atoms with Crippen LogP contribution < -0.4 is 14.8 Å². The number of aliphatic hydroxyl groups excluding tert-OH is 1. The van der Waals surface area contributed by atoms with Crippen LogP contribution in [0.1, 0.15) is 25.4 Å². The highest BCUT2D eigenvalue weighted by Crippen LogP contribution is 2.51. The summed E-state index contributed by atoms with van der Waals surface area (Å²) >= 11 is 6.41. The van der Waals surface area contributed by atoms with Crippen molar-refractivity contribution in [3.05, 3.63) is 76.8 Å². The Balaban J connectivity index is 0.00000231. The van der Waals surface area contributed by atoms with Crippen molar-refractivity contribution in [2.45, 2.75) is 24.9 Å². The van der Waals surface area contributed by atoms with Gasteiger partial charge in [-0.25, -0.2) is 0 Å². The van der Waals surface area contributed by atoms with Crippen LogP contribution >= 0.6 is 11.6 Å². The summed E-state index contributed by atoms with van der Waals surface area (Å²) in [5, 5.41) is 13.0. The van der Waals surface area contributed by atoms with Crippen LogP contribution in [0.4, 0.5) is 5.69 Å². The summed E-state index contributed by atoms with van der Waals surface area (Å²) in [4.78, 5) is 13.2. The molecule has 30 heavy (non-hydrogen) atoms. The molecule has 0 aromatic heterocycles. The van der Waals surface area contributed by atoms with Gasteiger partial charge in [-0.1, -0.05) is 35.9 Å². The van der Waals surface area contributed by atoms with Crippen LogP contribution in [0.25, 0.3) is 11.1 Å². The molecule has 3 aromatic rings. The normalized spacial score (nSPS) is 15.7. The minimum Gasteiger partial charge on any atom is -0.454 e.